The van der Waals surface area contributed by atoms with Gasteiger partial charge in [-0.15, -0.1) is 11.3 Å². The molecule has 292 valence electrons. The maximum absolute atomic E-state index is 5.43. The molecule has 10 aromatic carbocycles. The van der Waals surface area contributed by atoms with Gasteiger partial charge in [-0.3, -0.25) is 4.57 Å². The second-order valence-corrected chi connectivity index (χ2v) is 16.7. The van der Waals surface area contributed by atoms with Gasteiger partial charge in [0.2, 0.25) is 5.95 Å². The first-order valence-electron chi connectivity index (χ1n) is 21.3. The average molecular weight is 811 g/mol. The quantitative estimate of drug-likeness (QED) is 0.178. The lowest BCUT2D eigenvalue weighted by Crippen LogP contribution is -2.07. The highest BCUT2D eigenvalue weighted by Crippen LogP contribution is 2.46. The van der Waals surface area contributed by atoms with Crippen LogP contribution in [0.4, 0.5) is 0 Å². The van der Waals surface area contributed by atoms with Crippen LogP contribution in [0, 0.1) is 0 Å². The topological polar surface area (TPSA) is 43.6 Å². The standard InChI is InChI=1S/C55H32N4S.C2H6/c1-3-14-36-29-40(25-23-33(36)11-1)53-56-54(41-26-24-34-12-2-4-15-37(34)30-41)58-55(57-53)59-48-32-39-17-6-5-16-38(39)31-47(48)44-20-9-19-43(51(44)59)45-21-10-22-46-50-42-18-8-7-13-35(42)27-28-49(50)60-52(45)46;1-2/h1-32H;1-2H3. The van der Waals surface area contributed by atoms with Gasteiger partial charge in [-0.05, 0) is 73.4 Å². The average Bonchev–Trinajstić information content (AvgIpc) is 3.89. The molecule has 0 N–H and O–H groups in total. The van der Waals surface area contributed by atoms with Crippen molar-refractivity contribution in [2.24, 2.45) is 0 Å². The summed E-state index contributed by atoms with van der Waals surface area (Å²) in [5.41, 5.74) is 6.31. The SMILES string of the molecule is CC.c1ccc2cc(-c3nc(-c4ccc5ccccc5c4)nc(-n4c5cc6ccccc6cc5c5cccc(-c6cccc7c6sc6ccc8ccccc8c67)c54)n3)ccc2c1. The van der Waals surface area contributed by atoms with Crippen molar-refractivity contribution in [2.75, 3.05) is 0 Å². The van der Waals surface area contributed by atoms with Gasteiger partial charge in [-0.2, -0.15) is 9.97 Å². The minimum atomic E-state index is 0.577. The van der Waals surface area contributed by atoms with Crippen LogP contribution in [0.5, 0.6) is 0 Å². The van der Waals surface area contributed by atoms with Crippen molar-refractivity contribution in [3.05, 3.63) is 194 Å². The molecule has 0 amide bonds. The largest absolute Gasteiger partial charge is 0.277 e. The molecule has 13 aromatic rings. The molecule has 5 heteroatoms. The number of aromatic nitrogens is 4. The van der Waals surface area contributed by atoms with Crippen molar-refractivity contribution < 1.29 is 0 Å². The fourth-order valence-corrected chi connectivity index (χ4v) is 10.6. The van der Waals surface area contributed by atoms with Crippen LogP contribution in [0.15, 0.2) is 194 Å². The summed E-state index contributed by atoms with van der Waals surface area (Å²) in [7, 11) is 0. The van der Waals surface area contributed by atoms with Crippen LogP contribution in [-0.4, -0.2) is 19.5 Å². The third-order valence-corrected chi connectivity index (χ3v) is 13.4. The summed E-state index contributed by atoms with van der Waals surface area (Å²) in [6.07, 6.45) is 0. The van der Waals surface area contributed by atoms with E-state index in [0.29, 0.717) is 17.6 Å². The number of nitrogens with zero attached hydrogens (tertiary/aromatic N) is 4. The Hall–Kier alpha value is -7.73. The summed E-state index contributed by atoms with van der Waals surface area (Å²) in [6.45, 7) is 4.00. The van der Waals surface area contributed by atoms with E-state index in [0.717, 1.165) is 54.7 Å². The van der Waals surface area contributed by atoms with Crippen LogP contribution in [-0.2, 0) is 0 Å². The van der Waals surface area contributed by atoms with Gasteiger partial charge in [0.1, 0.15) is 0 Å². The van der Waals surface area contributed by atoms with Gasteiger partial charge >= 0.3 is 0 Å². The van der Waals surface area contributed by atoms with Gasteiger partial charge in [0.25, 0.3) is 0 Å². The summed E-state index contributed by atoms with van der Waals surface area (Å²) in [6, 6.07) is 69.8. The van der Waals surface area contributed by atoms with Crippen molar-refractivity contribution in [2.45, 2.75) is 13.8 Å². The predicted molar refractivity (Wildman–Crippen MR) is 265 cm³/mol. The van der Waals surface area contributed by atoms with E-state index in [-0.39, 0.29) is 0 Å². The number of hydrogen-bond acceptors (Lipinski definition) is 4. The highest BCUT2D eigenvalue weighted by molar-refractivity contribution is 7.26. The normalized spacial score (nSPS) is 11.7. The highest BCUT2D eigenvalue weighted by atomic mass is 32.1. The summed E-state index contributed by atoms with van der Waals surface area (Å²) in [4.78, 5) is 16.1. The molecular formula is C57H38N4S. The van der Waals surface area contributed by atoms with Crippen LogP contribution >= 0.6 is 11.3 Å². The smallest absolute Gasteiger partial charge is 0.238 e. The predicted octanol–water partition coefficient (Wildman–Crippen LogP) is 16.0. The number of rotatable bonds is 4. The van der Waals surface area contributed by atoms with Crippen molar-refractivity contribution >= 4 is 96.4 Å². The molecule has 0 aliphatic carbocycles. The van der Waals surface area contributed by atoms with E-state index in [1.54, 1.807) is 0 Å². The van der Waals surface area contributed by atoms with Crippen LogP contribution in [0.1, 0.15) is 13.8 Å². The Labute approximate surface area is 362 Å². The molecule has 0 atom stereocenters. The Morgan fingerprint density at radius 2 is 0.903 bits per heavy atom. The van der Waals surface area contributed by atoms with E-state index in [1.165, 1.54) is 52.7 Å². The maximum Gasteiger partial charge on any atom is 0.238 e. The van der Waals surface area contributed by atoms with Gasteiger partial charge < -0.3 is 0 Å². The highest BCUT2D eigenvalue weighted by Gasteiger charge is 2.23. The van der Waals surface area contributed by atoms with Crippen LogP contribution in [0.2, 0.25) is 0 Å². The molecule has 0 spiro atoms. The maximum atomic E-state index is 5.43. The van der Waals surface area contributed by atoms with Gasteiger partial charge in [-0.1, -0.05) is 178 Å². The second-order valence-electron chi connectivity index (χ2n) is 15.6. The molecule has 0 saturated heterocycles. The summed E-state index contributed by atoms with van der Waals surface area (Å²) in [5.74, 6) is 1.83. The number of benzene rings is 10. The molecule has 0 radical (unpaired) electrons. The molecule has 4 nitrogen and oxygen atoms in total. The zero-order valence-corrected chi connectivity index (χ0v) is 35.0. The zero-order valence-electron chi connectivity index (χ0n) is 34.2. The molecule has 3 aromatic heterocycles. The summed E-state index contributed by atoms with van der Waals surface area (Å²) in [5, 5.41) is 14.4. The third kappa shape index (κ3) is 5.70. The number of thiophene rings is 1. The molecule has 62 heavy (non-hydrogen) atoms. The van der Waals surface area contributed by atoms with E-state index in [4.69, 9.17) is 15.0 Å². The molecule has 0 fully saturated rings. The summed E-state index contributed by atoms with van der Waals surface area (Å²) >= 11 is 1.87. The minimum Gasteiger partial charge on any atom is -0.277 e. The number of hydrogen-bond donors (Lipinski definition) is 0. The van der Waals surface area contributed by atoms with Gasteiger partial charge in [-0.25, -0.2) is 4.98 Å². The third-order valence-electron chi connectivity index (χ3n) is 12.2. The van der Waals surface area contributed by atoms with Crippen molar-refractivity contribution in [3.63, 3.8) is 0 Å². The Bertz CT molecular complexity index is 3820. The van der Waals surface area contributed by atoms with Gasteiger partial charge in [0.15, 0.2) is 11.6 Å². The van der Waals surface area contributed by atoms with Gasteiger partial charge in [0, 0.05) is 53.2 Å². The lowest BCUT2D eigenvalue weighted by molar-refractivity contribution is 0.954. The Morgan fingerprint density at radius 3 is 1.56 bits per heavy atom. The molecule has 13 rings (SSSR count). The van der Waals surface area contributed by atoms with E-state index in [1.807, 2.05) is 25.2 Å². The Kier molecular flexibility index (Phi) is 8.44. The Morgan fingerprint density at radius 1 is 0.387 bits per heavy atom. The number of para-hydroxylation sites is 1. The molecule has 0 saturated carbocycles. The minimum absolute atomic E-state index is 0.577. The lowest BCUT2D eigenvalue weighted by Gasteiger charge is -2.14. The van der Waals surface area contributed by atoms with Crippen LogP contribution in [0.25, 0.3) is 125 Å². The molecule has 0 aliphatic heterocycles. The van der Waals surface area contributed by atoms with Crippen molar-refractivity contribution in [3.8, 4) is 39.9 Å². The monoisotopic (exact) mass is 810 g/mol. The zero-order chi connectivity index (χ0) is 41.3. The van der Waals surface area contributed by atoms with E-state index >= 15 is 0 Å². The molecule has 3 heterocycles. The summed E-state index contributed by atoms with van der Waals surface area (Å²) < 4.78 is 4.85. The second kappa shape index (κ2) is 14.5. The fraction of sp³-hybridized carbons (Fsp3) is 0.0351. The van der Waals surface area contributed by atoms with Gasteiger partial charge in [0.05, 0.1) is 11.0 Å². The first-order chi connectivity index (χ1) is 30.7. The lowest BCUT2D eigenvalue weighted by atomic mass is 9.98. The molecule has 0 unspecified atom stereocenters. The molecule has 0 aliphatic rings. The van der Waals surface area contributed by atoms with E-state index in [9.17, 15) is 0 Å². The fourth-order valence-electron chi connectivity index (χ4n) is 9.34. The first kappa shape index (κ1) is 36.1. The number of fused-ring (bicyclic) bond motifs is 11. The molecule has 0 bridgehead atoms. The van der Waals surface area contributed by atoms with E-state index in [2.05, 4.69) is 199 Å². The molecular weight excluding hydrogens is 773 g/mol. The van der Waals surface area contributed by atoms with Crippen LogP contribution < -0.4 is 0 Å². The van der Waals surface area contributed by atoms with Crippen molar-refractivity contribution in [1.82, 2.24) is 19.5 Å². The first-order valence-corrected chi connectivity index (χ1v) is 22.1. The van der Waals surface area contributed by atoms with Crippen molar-refractivity contribution in [1.29, 1.82) is 0 Å². The van der Waals surface area contributed by atoms with Crippen LogP contribution in [0.3, 0.4) is 0 Å². The van der Waals surface area contributed by atoms with E-state index < -0.39 is 0 Å². The Balaban J connectivity index is 0.00000202.